The monoisotopic (exact) mass is 329 g/mol. The molecule has 2 aliphatic carbocycles. The van der Waals surface area contributed by atoms with Crippen LogP contribution in [-0.2, 0) is 4.79 Å². The van der Waals surface area contributed by atoms with Crippen molar-refractivity contribution in [2.75, 3.05) is 0 Å². The Labute approximate surface area is 126 Å². The Balaban J connectivity index is 1.70. The van der Waals surface area contributed by atoms with Gasteiger partial charge in [-0.05, 0) is 44.4 Å². The SMILES string of the molecule is CCCCC1CCC(C(=O)NC2CCCC2Br)CC1. The molecule has 1 amide bonds. The molecule has 0 spiro atoms. The average Bonchev–Trinajstić information content (AvgIpc) is 2.82. The van der Waals surface area contributed by atoms with Crippen LogP contribution < -0.4 is 5.32 Å². The molecule has 0 aromatic rings. The van der Waals surface area contributed by atoms with Gasteiger partial charge in [-0.2, -0.15) is 0 Å². The van der Waals surface area contributed by atoms with E-state index in [0.717, 1.165) is 25.2 Å². The van der Waals surface area contributed by atoms with Crippen LogP contribution in [-0.4, -0.2) is 16.8 Å². The molecule has 2 saturated carbocycles. The maximum Gasteiger partial charge on any atom is 0.223 e. The first-order chi connectivity index (χ1) is 9.20. The highest BCUT2D eigenvalue weighted by molar-refractivity contribution is 9.09. The van der Waals surface area contributed by atoms with Crippen LogP contribution in [0.1, 0.15) is 71.1 Å². The first-order valence-corrected chi connectivity index (χ1v) is 9.06. The van der Waals surface area contributed by atoms with E-state index in [2.05, 4.69) is 28.2 Å². The smallest absolute Gasteiger partial charge is 0.223 e. The highest BCUT2D eigenvalue weighted by atomic mass is 79.9. The molecule has 0 aromatic carbocycles. The maximum atomic E-state index is 12.3. The standard InChI is InChI=1S/C16H28BrNO/c1-2-3-5-12-8-10-13(11-9-12)16(19)18-15-7-4-6-14(15)17/h12-15H,2-11H2,1H3,(H,18,19). The Morgan fingerprint density at radius 1 is 1.16 bits per heavy atom. The summed E-state index contributed by atoms with van der Waals surface area (Å²) in [5.41, 5.74) is 0. The Hall–Kier alpha value is -0.0500. The van der Waals surface area contributed by atoms with E-state index in [4.69, 9.17) is 0 Å². The molecule has 2 fully saturated rings. The molecule has 2 rings (SSSR count). The van der Waals surface area contributed by atoms with Crippen molar-refractivity contribution in [2.24, 2.45) is 11.8 Å². The van der Waals surface area contributed by atoms with Gasteiger partial charge in [0.15, 0.2) is 0 Å². The minimum Gasteiger partial charge on any atom is -0.352 e. The first kappa shape index (κ1) is 15.3. The van der Waals surface area contributed by atoms with Crippen LogP contribution in [0.25, 0.3) is 0 Å². The zero-order chi connectivity index (χ0) is 13.7. The van der Waals surface area contributed by atoms with E-state index >= 15 is 0 Å². The predicted molar refractivity (Wildman–Crippen MR) is 83.5 cm³/mol. The number of carbonyl (C=O) groups is 1. The minimum absolute atomic E-state index is 0.290. The summed E-state index contributed by atoms with van der Waals surface area (Å²) in [6, 6.07) is 0.380. The number of hydrogen-bond acceptors (Lipinski definition) is 1. The highest BCUT2D eigenvalue weighted by Gasteiger charge is 2.31. The van der Waals surface area contributed by atoms with Crippen molar-refractivity contribution >= 4 is 21.8 Å². The fraction of sp³-hybridized carbons (Fsp3) is 0.938. The molecule has 2 atom stereocenters. The van der Waals surface area contributed by atoms with Gasteiger partial charge in [0.2, 0.25) is 5.91 Å². The summed E-state index contributed by atoms with van der Waals surface area (Å²) in [6.07, 6.45) is 12.4. The molecular weight excluding hydrogens is 302 g/mol. The molecule has 110 valence electrons. The van der Waals surface area contributed by atoms with E-state index < -0.39 is 0 Å². The maximum absolute atomic E-state index is 12.3. The van der Waals surface area contributed by atoms with Crippen molar-refractivity contribution < 1.29 is 4.79 Å². The number of alkyl halides is 1. The molecule has 2 aliphatic rings. The summed E-state index contributed by atoms with van der Waals surface area (Å²) in [7, 11) is 0. The van der Waals surface area contributed by atoms with Crippen LogP contribution in [0.2, 0.25) is 0 Å². The topological polar surface area (TPSA) is 29.1 Å². The van der Waals surface area contributed by atoms with Gasteiger partial charge in [-0.15, -0.1) is 0 Å². The van der Waals surface area contributed by atoms with Gasteiger partial charge in [-0.1, -0.05) is 48.5 Å². The van der Waals surface area contributed by atoms with Gasteiger partial charge in [-0.25, -0.2) is 0 Å². The molecule has 0 heterocycles. The summed E-state index contributed by atoms with van der Waals surface area (Å²) in [4.78, 5) is 12.8. The number of carbonyl (C=O) groups excluding carboxylic acids is 1. The van der Waals surface area contributed by atoms with Crippen molar-refractivity contribution in [3.8, 4) is 0 Å². The molecule has 0 bridgehead atoms. The molecule has 2 unspecified atom stereocenters. The molecule has 0 saturated heterocycles. The minimum atomic E-state index is 0.290. The fourth-order valence-electron chi connectivity index (χ4n) is 3.58. The van der Waals surface area contributed by atoms with Crippen LogP contribution in [0.5, 0.6) is 0 Å². The average molecular weight is 330 g/mol. The van der Waals surface area contributed by atoms with Crippen LogP contribution in [0, 0.1) is 11.8 Å². The molecule has 0 aliphatic heterocycles. The van der Waals surface area contributed by atoms with E-state index in [1.165, 1.54) is 44.9 Å². The molecule has 3 heteroatoms. The van der Waals surface area contributed by atoms with E-state index in [-0.39, 0.29) is 5.92 Å². The lowest BCUT2D eigenvalue weighted by Gasteiger charge is -2.29. The second kappa shape index (κ2) is 7.66. The van der Waals surface area contributed by atoms with Crippen LogP contribution in [0.15, 0.2) is 0 Å². The first-order valence-electron chi connectivity index (χ1n) is 8.15. The van der Waals surface area contributed by atoms with Crippen molar-refractivity contribution in [3.63, 3.8) is 0 Å². The number of halogens is 1. The third kappa shape index (κ3) is 4.47. The van der Waals surface area contributed by atoms with E-state index in [1.807, 2.05) is 0 Å². The second-order valence-electron chi connectivity index (χ2n) is 6.42. The molecule has 0 radical (unpaired) electrons. The Morgan fingerprint density at radius 2 is 1.89 bits per heavy atom. The largest absolute Gasteiger partial charge is 0.352 e. The zero-order valence-corrected chi connectivity index (χ0v) is 13.8. The van der Waals surface area contributed by atoms with Crippen LogP contribution in [0.4, 0.5) is 0 Å². The number of rotatable bonds is 5. The number of hydrogen-bond donors (Lipinski definition) is 1. The van der Waals surface area contributed by atoms with E-state index in [0.29, 0.717) is 16.8 Å². The van der Waals surface area contributed by atoms with Crippen LogP contribution in [0.3, 0.4) is 0 Å². The lowest BCUT2D eigenvalue weighted by atomic mass is 9.79. The summed E-state index contributed by atoms with van der Waals surface area (Å²) in [5.74, 6) is 1.50. The van der Waals surface area contributed by atoms with Gasteiger partial charge in [0.05, 0.1) is 0 Å². The van der Waals surface area contributed by atoms with Gasteiger partial charge in [0.25, 0.3) is 0 Å². The van der Waals surface area contributed by atoms with E-state index in [9.17, 15) is 4.79 Å². The third-order valence-corrected chi connectivity index (χ3v) is 6.04. The summed E-state index contributed by atoms with van der Waals surface area (Å²) < 4.78 is 0. The van der Waals surface area contributed by atoms with Gasteiger partial charge >= 0.3 is 0 Å². The lowest BCUT2D eigenvalue weighted by Crippen LogP contribution is -2.42. The van der Waals surface area contributed by atoms with Gasteiger partial charge < -0.3 is 5.32 Å². The number of nitrogens with one attached hydrogen (secondary N) is 1. The summed E-state index contributed by atoms with van der Waals surface area (Å²) in [6.45, 7) is 2.26. The van der Waals surface area contributed by atoms with Crippen molar-refractivity contribution in [1.82, 2.24) is 5.32 Å². The van der Waals surface area contributed by atoms with Gasteiger partial charge in [0.1, 0.15) is 0 Å². The number of unbranched alkanes of at least 4 members (excludes halogenated alkanes) is 1. The summed E-state index contributed by atoms with van der Waals surface area (Å²) >= 11 is 3.68. The fourth-order valence-corrected chi connectivity index (χ4v) is 4.30. The molecule has 0 aromatic heterocycles. The van der Waals surface area contributed by atoms with Gasteiger partial charge in [0, 0.05) is 16.8 Å². The third-order valence-electron chi connectivity index (χ3n) is 4.94. The van der Waals surface area contributed by atoms with Crippen molar-refractivity contribution in [3.05, 3.63) is 0 Å². The molecule has 19 heavy (non-hydrogen) atoms. The second-order valence-corrected chi connectivity index (χ2v) is 7.60. The van der Waals surface area contributed by atoms with Crippen LogP contribution >= 0.6 is 15.9 Å². The Morgan fingerprint density at radius 3 is 2.47 bits per heavy atom. The number of amides is 1. The molecule has 1 N–H and O–H groups in total. The quantitative estimate of drug-likeness (QED) is 0.743. The lowest BCUT2D eigenvalue weighted by molar-refractivity contribution is -0.126. The normalized spacial score (nSPS) is 35.3. The zero-order valence-electron chi connectivity index (χ0n) is 12.2. The molecule has 2 nitrogen and oxygen atoms in total. The van der Waals surface area contributed by atoms with E-state index in [1.54, 1.807) is 0 Å². The Kier molecular flexibility index (Phi) is 6.18. The Bertz CT molecular complexity index is 286. The molecular formula is C16H28BrNO. The van der Waals surface area contributed by atoms with Crippen molar-refractivity contribution in [2.45, 2.75) is 82.0 Å². The van der Waals surface area contributed by atoms with Gasteiger partial charge in [-0.3, -0.25) is 4.79 Å². The highest BCUT2D eigenvalue weighted by Crippen LogP contribution is 2.33. The summed E-state index contributed by atoms with van der Waals surface area (Å²) in [5, 5.41) is 3.27. The predicted octanol–water partition coefficient (Wildman–Crippen LogP) is 4.42. The van der Waals surface area contributed by atoms with Crippen molar-refractivity contribution in [1.29, 1.82) is 0 Å².